The van der Waals surface area contributed by atoms with Crippen LogP contribution >= 0.6 is 0 Å². The van der Waals surface area contributed by atoms with Crippen molar-refractivity contribution in [2.75, 3.05) is 26.2 Å². The van der Waals surface area contributed by atoms with Crippen molar-refractivity contribution in [1.29, 1.82) is 5.26 Å². The molecule has 142 valence electrons. The molecule has 1 fully saturated rings. The number of nitriles is 1. The summed E-state index contributed by atoms with van der Waals surface area (Å²) in [4.78, 5) is 0. The van der Waals surface area contributed by atoms with E-state index >= 15 is 0 Å². The van der Waals surface area contributed by atoms with E-state index in [2.05, 4.69) is 28.9 Å². The fourth-order valence-electron chi connectivity index (χ4n) is 3.75. The van der Waals surface area contributed by atoms with E-state index in [9.17, 15) is 4.39 Å². The van der Waals surface area contributed by atoms with Crippen LogP contribution in [0.25, 0.3) is 16.7 Å². The molecule has 2 aliphatic rings. The number of dihydropyridines is 1. The van der Waals surface area contributed by atoms with Gasteiger partial charge in [-0.15, -0.1) is 0 Å². The molecule has 0 bridgehead atoms. The molecule has 1 saturated heterocycles. The summed E-state index contributed by atoms with van der Waals surface area (Å²) in [5.74, 6) is -0.498. The number of hydrogen-bond acceptors (Lipinski definition) is 4. The van der Waals surface area contributed by atoms with Gasteiger partial charge < -0.3 is 15.4 Å². The van der Waals surface area contributed by atoms with E-state index in [-0.39, 0.29) is 11.7 Å². The first-order valence-corrected chi connectivity index (χ1v) is 9.51. The minimum absolute atomic E-state index is 0.0570. The molecular weight excluding hydrogens is 353 g/mol. The summed E-state index contributed by atoms with van der Waals surface area (Å²) in [6.07, 6.45) is 7.07. The Morgan fingerprint density at radius 2 is 2.18 bits per heavy atom. The van der Waals surface area contributed by atoms with Crippen molar-refractivity contribution >= 4 is 5.57 Å². The van der Waals surface area contributed by atoms with Crippen molar-refractivity contribution in [2.45, 2.75) is 12.5 Å². The average molecular weight is 375 g/mol. The van der Waals surface area contributed by atoms with Crippen LogP contribution in [0.3, 0.4) is 0 Å². The Kier molecular flexibility index (Phi) is 5.52. The van der Waals surface area contributed by atoms with Crippen LogP contribution in [0.2, 0.25) is 0 Å². The third kappa shape index (κ3) is 3.84. The van der Waals surface area contributed by atoms with Crippen molar-refractivity contribution < 1.29 is 9.13 Å². The van der Waals surface area contributed by atoms with E-state index in [1.165, 1.54) is 6.07 Å². The number of halogens is 1. The molecule has 0 radical (unpaired) electrons. The smallest absolute Gasteiger partial charge is 0.141 e. The molecule has 0 amide bonds. The van der Waals surface area contributed by atoms with E-state index in [0.717, 1.165) is 53.9 Å². The summed E-state index contributed by atoms with van der Waals surface area (Å²) >= 11 is 0. The lowest BCUT2D eigenvalue weighted by molar-refractivity contribution is 0.0292. The highest BCUT2D eigenvalue weighted by atomic mass is 19.1. The summed E-state index contributed by atoms with van der Waals surface area (Å²) in [6, 6.07) is 12.8. The lowest BCUT2D eigenvalue weighted by Crippen LogP contribution is -2.39. The van der Waals surface area contributed by atoms with Crippen LogP contribution in [-0.2, 0) is 11.2 Å². The van der Waals surface area contributed by atoms with Crippen molar-refractivity contribution in [2.24, 2.45) is 0 Å². The minimum atomic E-state index is -0.498. The van der Waals surface area contributed by atoms with E-state index in [1.54, 1.807) is 6.07 Å². The monoisotopic (exact) mass is 375 g/mol. The fourth-order valence-corrected chi connectivity index (χ4v) is 3.75. The van der Waals surface area contributed by atoms with Gasteiger partial charge in [0.1, 0.15) is 11.9 Å². The van der Waals surface area contributed by atoms with Crippen molar-refractivity contribution in [3.63, 3.8) is 0 Å². The van der Waals surface area contributed by atoms with Gasteiger partial charge in [0.25, 0.3) is 0 Å². The lowest BCUT2D eigenvalue weighted by atomic mass is 9.87. The van der Waals surface area contributed by atoms with Gasteiger partial charge in [-0.25, -0.2) is 4.39 Å². The number of rotatable bonds is 4. The van der Waals surface area contributed by atoms with E-state index < -0.39 is 5.82 Å². The Bertz CT molecular complexity index is 968. The quantitative estimate of drug-likeness (QED) is 0.860. The first-order valence-electron chi connectivity index (χ1n) is 9.51. The van der Waals surface area contributed by atoms with Gasteiger partial charge in [-0.05, 0) is 40.0 Å². The Labute approximate surface area is 164 Å². The van der Waals surface area contributed by atoms with Crippen molar-refractivity contribution in [3.05, 3.63) is 77.3 Å². The molecule has 2 aromatic carbocycles. The average Bonchev–Trinajstić information content (AvgIpc) is 2.75. The number of ether oxygens (including phenoxy) is 1. The molecule has 4 nitrogen and oxygen atoms in total. The molecule has 2 N–H and O–H groups in total. The molecule has 4 rings (SSSR count). The maximum atomic E-state index is 14.3. The highest BCUT2D eigenvalue weighted by Crippen LogP contribution is 2.34. The van der Waals surface area contributed by atoms with Crippen molar-refractivity contribution in [3.8, 4) is 17.2 Å². The van der Waals surface area contributed by atoms with Gasteiger partial charge in [0.15, 0.2) is 0 Å². The molecule has 0 saturated carbocycles. The third-order valence-corrected chi connectivity index (χ3v) is 5.08. The lowest BCUT2D eigenvalue weighted by Gasteiger charge is -2.26. The topological polar surface area (TPSA) is 57.1 Å². The van der Waals surface area contributed by atoms with Crippen LogP contribution in [0.1, 0.15) is 16.7 Å². The normalized spacial score (nSPS) is 18.9. The second-order valence-corrected chi connectivity index (χ2v) is 6.96. The molecule has 2 heterocycles. The van der Waals surface area contributed by atoms with Crippen LogP contribution in [0.5, 0.6) is 0 Å². The van der Waals surface area contributed by atoms with Crippen LogP contribution in [0.4, 0.5) is 4.39 Å². The van der Waals surface area contributed by atoms with E-state index in [0.29, 0.717) is 6.61 Å². The standard InChI is InChI=1S/C23H22FN3O/c24-22-12-16(6-7-18(22)13-25)21-5-1-3-17(11-20-15-27-9-10-28-20)23(21)19-4-2-8-26-14-19/h1-7,12,14,20,26-27H,8-11,15H2. The van der Waals surface area contributed by atoms with Crippen LogP contribution in [0, 0.1) is 17.1 Å². The molecule has 2 aromatic rings. The van der Waals surface area contributed by atoms with Crippen LogP contribution in [0.15, 0.2) is 54.8 Å². The Morgan fingerprint density at radius 3 is 2.89 bits per heavy atom. The molecule has 5 heteroatoms. The third-order valence-electron chi connectivity index (χ3n) is 5.08. The predicted octanol–water partition coefficient (Wildman–Crippen LogP) is 3.40. The van der Waals surface area contributed by atoms with E-state index in [1.807, 2.05) is 30.5 Å². The second kappa shape index (κ2) is 8.39. The summed E-state index contributed by atoms with van der Waals surface area (Å²) in [6.45, 7) is 3.21. The first-order chi connectivity index (χ1) is 13.8. The number of nitrogens with one attached hydrogen (secondary N) is 2. The van der Waals surface area contributed by atoms with E-state index in [4.69, 9.17) is 10.00 Å². The SMILES string of the molecule is N#Cc1ccc(-c2cccc(CC3CNCCO3)c2C2=CNCC=C2)cc1F. The van der Waals surface area contributed by atoms with Gasteiger partial charge in [0, 0.05) is 32.3 Å². The minimum Gasteiger partial charge on any atom is -0.387 e. The molecule has 0 aromatic heterocycles. The first kappa shape index (κ1) is 18.4. The Morgan fingerprint density at radius 1 is 1.25 bits per heavy atom. The molecule has 28 heavy (non-hydrogen) atoms. The van der Waals surface area contributed by atoms with Gasteiger partial charge in [-0.1, -0.05) is 36.4 Å². The molecule has 0 spiro atoms. The highest BCUT2D eigenvalue weighted by Gasteiger charge is 2.20. The fraction of sp³-hybridized carbons (Fsp3) is 0.261. The van der Waals surface area contributed by atoms with Crippen LogP contribution < -0.4 is 10.6 Å². The molecule has 1 atom stereocenters. The molecule has 0 aliphatic carbocycles. The summed E-state index contributed by atoms with van der Waals surface area (Å²) in [5, 5.41) is 15.7. The molecule has 1 unspecified atom stereocenters. The number of nitrogens with zero attached hydrogens (tertiary/aromatic N) is 1. The summed E-state index contributed by atoms with van der Waals surface area (Å²) < 4.78 is 20.2. The van der Waals surface area contributed by atoms with Gasteiger partial charge >= 0.3 is 0 Å². The van der Waals surface area contributed by atoms with Crippen LogP contribution in [-0.4, -0.2) is 32.3 Å². The number of allylic oxidation sites excluding steroid dienone is 2. The van der Waals surface area contributed by atoms with Gasteiger partial charge in [0.05, 0.1) is 18.3 Å². The van der Waals surface area contributed by atoms with Crippen molar-refractivity contribution in [1.82, 2.24) is 10.6 Å². The predicted molar refractivity (Wildman–Crippen MR) is 108 cm³/mol. The zero-order valence-corrected chi connectivity index (χ0v) is 15.5. The zero-order chi connectivity index (χ0) is 19.3. The summed E-state index contributed by atoms with van der Waals surface area (Å²) in [5.41, 5.74) is 5.06. The Balaban J connectivity index is 1.80. The number of hydrogen-bond donors (Lipinski definition) is 2. The summed E-state index contributed by atoms with van der Waals surface area (Å²) in [7, 11) is 0. The molecular formula is C23H22FN3O. The molecule has 2 aliphatic heterocycles. The zero-order valence-electron chi connectivity index (χ0n) is 15.5. The number of benzene rings is 2. The van der Waals surface area contributed by atoms with Gasteiger partial charge in [0.2, 0.25) is 0 Å². The Hall–Kier alpha value is -2.94. The van der Waals surface area contributed by atoms with Gasteiger partial charge in [-0.2, -0.15) is 5.26 Å². The highest BCUT2D eigenvalue weighted by molar-refractivity contribution is 5.87. The van der Waals surface area contributed by atoms with Gasteiger partial charge in [-0.3, -0.25) is 0 Å². The maximum absolute atomic E-state index is 14.3. The largest absolute Gasteiger partial charge is 0.387 e. The number of morpholine rings is 1. The maximum Gasteiger partial charge on any atom is 0.141 e. The second-order valence-electron chi connectivity index (χ2n) is 6.96.